The minimum Gasteiger partial charge on any atom is -0.379 e. The van der Waals surface area contributed by atoms with Crippen LogP contribution in [0.5, 0.6) is 0 Å². The maximum atomic E-state index is 5.32. The number of morpholine rings is 1. The number of hydrogen-bond acceptors (Lipinski definition) is 5. The van der Waals surface area contributed by atoms with E-state index in [4.69, 9.17) is 4.74 Å². The maximum absolute atomic E-state index is 5.32. The molecule has 0 bridgehead atoms. The van der Waals surface area contributed by atoms with E-state index in [1.807, 2.05) is 0 Å². The molecule has 0 radical (unpaired) electrons. The Kier molecular flexibility index (Phi) is 4.07. The van der Waals surface area contributed by atoms with Gasteiger partial charge in [0.1, 0.15) is 5.82 Å². The molecular weight excluding hydrogens is 204 g/mol. The minimum absolute atomic E-state index is 0.370. The summed E-state index contributed by atoms with van der Waals surface area (Å²) in [6, 6.07) is 0.370. The highest BCUT2D eigenvalue weighted by atomic mass is 16.5. The van der Waals surface area contributed by atoms with Crippen molar-refractivity contribution in [1.29, 1.82) is 0 Å². The van der Waals surface area contributed by atoms with Crippen LogP contribution in [0, 0.1) is 0 Å². The first-order chi connectivity index (χ1) is 7.84. The Labute approximate surface area is 95.8 Å². The summed E-state index contributed by atoms with van der Waals surface area (Å²) < 4.78 is 5.32. The molecule has 16 heavy (non-hydrogen) atoms. The van der Waals surface area contributed by atoms with E-state index in [0.29, 0.717) is 6.04 Å². The Bertz CT molecular complexity index is 300. The van der Waals surface area contributed by atoms with Crippen LogP contribution in [0.2, 0.25) is 0 Å². The van der Waals surface area contributed by atoms with Crippen molar-refractivity contribution in [2.75, 3.05) is 38.2 Å². The van der Waals surface area contributed by atoms with E-state index in [1.54, 1.807) is 18.6 Å². The molecule has 1 aromatic heterocycles. The van der Waals surface area contributed by atoms with Crippen LogP contribution in [-0.2, 0) is 4.74 Å². The van der Waals surface area contributed by atoms with Crippen molar-refractivity contribution in [1.82, 2.24) is 14.9 Å². The van der Waals surface area contributed by atoms with Crippen LogP contribution in [0.4, 0.5) is 5.82 Å². The largest absolute Gasteiger partial charge is 0.379 e. The van der Waals surface area contributed by atoms with Gasteiger partial charge in [-0.05, 0) is 6.92 Å². The number of nitrogens with one attached hydrogen (secondary N) is 1. The summed E-state index contributed by atoms with van der Waals surface area (Å²) in [5.41, 5.74) is 0. The van der Waals surface area contributed by atoms with Crippen molar-refractivity contribution in [3.05, 3.63) is 18.6 Å². The highest BCUT2D eigenvalue weighted by Crippen LogP contribution is 2.04. The molecule has 1 fully saturated rings. The summed E-state index contributed by atoms with van der Waals surface area (Å²) in [7, 11) is 0. The smallest absolute Gasteiger partial charge is 0.144 e. The monoisotopic (exact) mass is 222 g/mol. The Hall–Kier alpha value is -1.20. The summed E-state index contributed by atoms with van der Waals surface area (Å²) in [4.78, 5) is 10.6. The third-order valence-electron chi connectivity index (χ3n) is 2.59. The summed E-state index contributed by atoms with van der Waals surface area (Å²) in [5, 5.41) is 3.33. The lowest BCUT2D eigenvalue weighted by Crippen LogP contribution is -2.42. The van der Waals surface area contributed by atoms with Gasteiger partial charge in [-0.1, -0.05) is 0 Å². The van der Waals surface area contributed by atoms with Crippen molar-refractivity contribution < 1.29 is 4.74 Å². The Morgan fingerprint density at radius 3 is 2.94 bits per heavy atom. The molecule has 5 nitrogen and oxygen atoms in total. The predicted molar refractivity (Wildman–Crippen MR) is 62.4 cm³/mol. The van der Waals surface area contributed by atoms with Gasteiger partial charge in [0.2, 0.25) is 0 Å². The second-order valence-corrected chi connectivity index (χ2v) is 4.05. The van der Waals surface area contributed by atoms with Crippen LogP contribution in [0.15, 0.2) is 18.6 Å². The zero-order valence-electron chi connectivity index (χ0n) is 9.59. The van der Waals surface area contributed by atoms with Gasteiger partial charge in [0, 0.05) is 38.1 Å². The van der Waals surface area contributed by atoms with Crippen LogP contribution < -0.4 is 5.32 Å². The number of anilines is 1. The average Bonchev–Trinajstić information content (AvgIpc) is 2.31. The Morgan fingerprint density at radius 1 is 1.44 bits per heavy atom. The lowest BCUT2D eigenvalue weighted by Gasteiger charge is -2.29. The molecule has 1 aliphatic heterocycles. The number of ether oxygens (including phenoxy) is 1. The van der Waals surface area contributed by atoms with E-state index < -0.39 is 0 Å². The SMILES string of the molecule is CC(CN1CCOCC1)Nc1cnccn1. The lowest BCUT2D eigenvalue weighted by molar-refractivity contribution is 0.0368. The zero-order chi connectivity index (χ0) is 11.2. The topological polar surface area (TPSA) is 50.3 Å². The second-order valence-electron chi connectivity index (χ2n) is 4.05. The van der Waals surface area contributed by atoms with E-state index >= 15 is 0 Å². The molecule has 0 aliphatic carbocycles. The molecule has 0 saturated carbocycles. The van der Waals surface area contributed by atoms with Crippen LogP contribution in [0.25, 0.3) is 0 Å². The molecule has 2 rings (SSSR count). The molecule has 1 unspecified atom stereocenters. The summed E-state index contributed by atoms with van der Waals surface area (Å²) >= 11 is 0. The van der Waals surface area contributed by atoms with Gasteiger partial charge in [0.25, 0.3) is 0 Å². The predicted octanol–water partition coefficient (Wildman–Crippen LogP) is 0.609. The van der Waals surface area contributed by atoms with Gasteiger partial charge < -0.3 is 10.1 Å². The minimum atomic E-state index is 0.370. The highest BCUT2D eigenvalue weighted by molar-refractivity contribution is 5.31. The molecular formula is C11H18N4O. The van der Waals surface area contributed by atoms with Gasteiger partial charge in [-0.2, -0.15) is 0 Å². The van der Waals surface area contributed by atoms with Gasteiger partial charge in [0.05, 0.1) is 19.4 Å². The average molecular weight is 222 g/mol. The van der Waals surface area contributed by atoms with E-state index in [2.05, 4.69) is 27.1 Å². The normalized spacial score (nSPS) is 19.3. The maximum Gasteiger partial charge on any atom is 0.144 e. The Balaban J connectivity index is 1.77. The molecule has 0 amide bonds. The third kappa shape index (κ3) is 3.43. The van der Waals surface area contributed by atoms with Crippen molar-refractivity contribution in [3.8, 4) is 0 Å². The van der Waals surface area contributed by atoms with Crippen molar-refractivity contribution in [2.24, 2.45) is 0 Å². The molecule has 2 heterocycles. The van der Waals surface area contributed by atoms with Gasteiger partial charge in [-0.3, -0.25) is 9.88 Å². The summed E-state index contributed by atoms with van der Waals surface area (Å²) in [5.74, 6) is 0.836. The zero-order valence-corrected chi connectivity index (χ0v) is 9.59. The number of hydrogen-bond donors (Lipinski definition) is 1. The standard InChI is InChI=1S/C11H18N4O/c1-10(9-15-4-6-16-7-5-15)14-11-8-12-2-3-13-11/h2-3,8,10H,4-7,9H2,1H3,(H,13,14). The second kappa shape index (κ2) is 5.77. The molecule has 0 aromatic carbocycles. The molecule has 88 valence electrons. The molecule has 1 aliphatic rings. The van der Waals surface area contributed by atoms with E-state index in [-0.39, 0.29) is 0 Å². The van der Waals surface area contributed by atoms with Crippen LogP contribution in [0.3, 0.4) is 0 Å². The summed E-state index contributed by atoms with van der Waals surface area (Å²) in [6.07, 6.45) is 5.12. The Morgan fingerprint density at radius 2 is 2.25 bits per heavy atom. The van der Waals surface area contributed by atoms with Crippen LogP contribution in [-0.4, -0.2) is 53.8 Å². The van der Waals surface area contributed by atoms with Crippen LogP contribution >= 0.6 is 0 Å². The van der Waals surface area contributed by atoms with Crippen molar-refractivity contribution in [2.45, 2.75) is 13.0 Å². The fourth-order valence-corrected chi connectivity index (χ4v) is 1.84. The first-order valence-electron chi connectivity index (χ1n) is 5.67. The number of aromatic nitrogens is 2. The van der Waals surface area contributed by atoms with E-state index in [0.717, 1.165) is 38.7 Å². The highest BCUT2D eigenvalue weighted by Gasteiger charge is 2.13. The fraction of sp³-hybridized carbons (Fsp3) is 0.636. The lowest BCUT2D eigenvalue weighted by atomic mass is 10.3. The fourth-order valence-electron chi connectivity index (χ4n) is 1.84. The first-order valence-corrected chi connectivity index (χ1v) is 5.67. The van der Waals surface area contributed by atoms with E-state index in [9.17, 15) is 0 Å². The molecule has 0 spiro atoms. The number of nitrogens with zero attached hydrogens (tertiary/aromatic N) is 3. The molecule has 5 heteroatoms. The van der Waals surface area contributed by atoms with Crippen molar-refractivity contribution in [3.63, 3.8) is 0 Å². The third-order valence-corrected chi connectivity index (χ3v) is 2.59. The van der Waals surface area contributed by atoms with E-state index in [1.165, 1.54) is 0 Å². The number of rotatable bonds is 4. The van der Waals surface area contributed by atoms with Crippen molar-refractivity contribution >= 4 is 5.82 Å². The summed E-state index contributed by atoms with van der Waals surface area (Å²) in [6.45, 7) is 6.90. The van der Waals surface area contributed by atoms with Gasteiger partial charge in [-0.25, -0.2) is 4.98 Å². The molecule has 1 N–H and O–H groups in total. The molecule has 1 aromatic rings. The van der Waals surface area contributed by atoms with Crippen LogP contribution in [0.1, 0.15) is 6.92 Å². The molecule has 1 atom stereocenters. The van der Waals surface area contributed by atoms with Gasteiger partial charge in [-0.15, -0.1) is 0 Å². The van der Waals surface area contributed by atoms with Gasteiger partial charge in [0.15, 0.2) is 0 Å². The van der Waals surface area contributed by atoms with Gasteiger partial charge >= 0.3 is 0 Å². The molecule has 1 saturated heterocycles. The quantitative estimate of drug-likeness (QED) is 0.809. The first kappa shape index (κ1) is 11.3.